The fraction of sp³-hybridized carbons (Fsp3) is 0.190. The van der Waals surface area contributed by atoms with E-state index >= 15 is 0 Å². The van der Waals surface area contributed by atoms with Crippen LogP contribution in [0.4, 0.5) is 4.39 Å². The van der Waals surface area contributed by atoms with E-state index in [0.717, 1.165) is 34.0 Å². The van der Waals surface area contributed by atoms with Crippen molar-refractivity contribution >= 4 is 17.5 Å². The molecule has 0 aliphatic carbocycles. The molecule has 0 bridgehead atoms. The SMILES string of the molecule is Cc1cc(C)n2nc(SCc3ccc(OCc4ccc(F)cc4)cc3)nc2n1. The van der Waals surface area contributed by atoms with E-state index in [1.165, 1.54) is 12.1 Å². The van der Waals surface area contributed by atoms with Crippen molar-refractivity contribution in [3.8, 4) is 5.75 Å². The van der Waals surface area contributed by atoms with Gasteiger partial charge in [0.25, 0.3) is 5.78 Å². The molecule has 0 aliphatic heterocycles. The summed E-state index contributed by atoms with van der Waals surface area (Å²) >= 11 is 1.57. The number of thioether (sulfide) groups is 1. The number of nitrogens with zero attached hydrogens (tertiary/aromatic N) is 4. The van der Waals surface area contributed by atoms with Crippen LogP contribution < -0.4 is 4.74 Å². The molecule has 2 heterocycles. The number of aromatic nitrogens is 4. The largest absolute Gasteiger partial charge is 0.489 e. The third-order valence-corrected chi connectivity index (χ3v) is 5.12. The monoisotopic (exact) mass is 394 g/mol. The minimum Gasteiger partial charge on any atom is -0.489 e. The van der Waals surface area contributed by atoms with E-state index in [1.54, 1.807) is 28.4 Å². The lowest BCUT2D eigenvalue weighted by Gasteiger charge is -2.07. The Labute approximate surface area is 166 Å². The molecule has 0 unspecified atom stereocenters. The van der Waals surface area contributed by atoms with Gasteiger partial charge < -0.3 is 4.74 Å². The molecule has 5 nitrogen and oxygen atoms in total. The highest BCUT2D eigenvalue weighted by Crippen LogP contribution is 2.22. The van der Waals surface area contributed by atoms with Crippen LogP contribution in [0, 0.1) is 19.7 Å². The summed E-state index contributed by atoms with van der Waals surface area (Å²) in [6.07, 6.45) is 0. The van der Waals surface area contributed by atoms with Crippen LogP contribution >= 0.6 is 11.8 Å². The average molecular weight is 394 g/mol. The molecule has 142 valence electrons. The number of fused-ring (bicyclic) bond motifs is 1. The summed E-state index contributed by atoms with van der Waals surface area (Å²) in [5, 5.41) is 5.22. The van der Waals surface area contributed by atoms with Crippen molar-refractivity contribution in [3.63, 3.8) is 0 Å². The molecule has 0 radical (unpaired) electrons. The molecule has 0 atom stereocenters. The lowest BCUT2D eigenvalue weighted by Crippen LogP contribution is -1.97. The summed E-state index contributed by atoms with van der Waals surface area (Å²) in [4.78, 5) is 8.90. The van der Waals surface area contributed by atoms with Gasteiger partial charge in [-0.3, -0.25) is 0 Å². The molecular weight excluding hydrogens is 375 g/mol. The normalized spacial score (nSPS) is 11.1. The molecular formula is C21H19FN4OS. The van der Waals surface area contributed by atoms with Gasteiger partial charge in [0.05, 0.1) is 0 Å². The Morgan fingerprint density at radius 3 is 2.43 bits per heavy atom. The van der Waals surface area contributed by atoms with Gasteiger partial charge in [-0.1, -0.05) is 36.0 Å². The predicted molar refractivity (Wildman–Crippen MR) is 107 cm³/mol. The molecule has 0 aliphatic rings. The summed E-state index contributed by atoms with van der Waals surface area (Å²) in [6.45, 7) is 4.36. The number of hydrogen-bond donors (Lipinski definition) is 0. The molecule has 0 saturated heterocycles. The van der Waals surface area contributed by atoms with Gasteiger partial charge in [-0.2, -0.15) is 4.98 Å². The lowest BCUT2D eigenvalue weighted by atomic mass is 10.2. The molecule has 2 aromatic carbocycles. The van der Waals surface area contributed by atoms with E-state index in [9.17, 15) is 4.39 Å². The van der Waals surface area contributed by atoms with Crippen LogP contribution in [-0.4, -0.2) is 19.6 Å². The summed E-state index contributed by atoms with van der Waals surface area (Å²) in [5.74, 6) is 1.92. The van der Waals surface area contributed by atoms with Gasteiger partial charge in [0, 0.05) is 17.1 Å². The summed E-state index contributed by atoms with van der Waals surface area (Å²) in [7, 11) is 0. The zero-order chi connectivity index (χ0) is 19.5. The number of benzene rings is 2. The Kier molecular flexibility index (Phi) is 5.25. The number of rotatable bonds is 6. The topological polar surface area (TPSA) is 52.3 Å². The second-order valence-corrected chi connectivity index (χ2v) is 7.44. The first-order valence-electron chi connectivity index (χ1n) is 8.87. The Balaban J connectivity index is 1.35. The first kappa shape index (κ1) is 18.4. The van der Waals surface area contributed by atoms with Crippen molar-refractivity contribution in [1.82, 2.24) is 19.6 Å². The van der Waals surface area contributed by atoms with Gasteiger partial charge in [-0.15, -0.1) is 5.10 Å². The zero-order valence-corrected chi connectivity index (χ0v) is 16.4. The highest BCUT2D eigenvalue weighted by Gasteiger charge is 2.08. The molecule has 0 saturated carbocycles. The second kappa shape index (κ2) is 7.98. The summed E-state index contributed by atoms with van der Waals surface area (Å²) < 4.78 is 20.4. The van der Waals surface area contributed by atoms with Crippen molar-refractivity contribution < 1.29 is 9.13 Å². The third-order valence-electron chi connectivity index (χ3n) is 4.21. The van der Waals surface area contributed by atoms with E-state index in [4.69, 9.17) is 4.74 Å². The standard InChI is InChI=1S/C21H19FN4OS/c1-14-11-15(2)26-20(23-14)24-21(25-26)28-13-17-5-9-19(10-6-17)27-12-16-3-7-18(22)8-4-16/h3-11H,12-13H2,1-2H3. The van der Waals surface area contributed by atoms with E-state index in [-0.39, 0.29) is 5.82 Å². The Hall–Kier alpha value is -2.93. The Bertz CT molecular complexity index is 1090. The van der Waals surface area contributed by atoms with Gasteiger partial charge in [0.1, 0.15) is 18.2 Å². The molecule has 28 heavy (non-hydrogen) atoms. The number of hydrogen-bond acceptors (Lipinski definition) is 5. The van der Waals surface area contributed by atoms with Gasteiger partial charge in [0.2, 0.25) is 5.16 Å². The quantitative estimate of drug-likeness (QED) is 0.442. The molecule has 0 amide bonds. The van der Waals surface area contributed by atoms with E-state index in [2.05, 4.69) is 15.1 Å². The predicted octanol–water partition coefficient (Wildman–Crippen LogP) is 4.75. The van der Waals surface area contributed by atoms with Gasteiger partial charge in [0.15, 0.2) is 0 Å². The Morgan fingerprint density at radius 1 is 0.964 bits per heavy atom. The minimum absolute atomic E-state index is 0.244. The smallest absolute Gasteiger partial charge is 0.253 e. The molecule has 7 heteroatoms. The van der Waals surface area contributed by atoms with E-state index in [1.807, 2.05) is 44.2 Å². The first-order chi connectivity index (χ1) is 13.6. The Morgan fingerprint density at radius 2 is 1.68 bits per heavy atom. The van der Waals surface area contributed by atoms with Crippen molar-refractivity contribution in [3.05, 3.63) is 82.9 Å². The van der Waals surface area contributed by atoms with Gasteiger partial charge in [-0.05, 0) is 55.3 Å². The van der Waals surface area contributed by atoms with Crippen molar-refractivity contribution in [2.45, 2.75) is 31.4 Å². The first-order valence-corrected chi connectivity index (χ1v) is 9.85. The molecule has 0 N–H and O–H groups in total. The molecule has 2 aromatic heterocycles. The van der Waals surface area contributed by atoms with E-state index in [0.29, 0.717) is 17.5 Å². The fourth-order valence-corrected chi connectivity index (χ4v) is 3.56. The lowest BCUT2D eigenvalue weighted by molar-refractivity contribution is 0.306. The van der Waals surface area contributed by atoms with Gasteiger partial charge in [-0.25, -0.2) is 13.9 Å². The maximum atomic E-state index is 12.9. The van der Waals surface area contributed by atoms with Crippen LogP contribution in [0.25, 0.3) is 5.78 Å². The molecule has 0 spiro atoms. The third kappa shape index (κ3) is 4.31. The van der Waals surface area contributed by atoms with Crippen molar-refractivity contribution in [2.24, 2.45) is 0 Å². The van der Waals surface area contributed by atoms with Gasteiger partial charge >= 0.3 is 0 Å². The number of ether oxygens (including phenoxy) is 1. The second-order valence-electron chi connectivity index (χ2n) is 6.49. The average Bonchev–Trinajstić information content (AvgIpc) is 3.10. The molecule has 0 fully saturated rings. The highest BCUT2D eigenvalue weighted by molar-refractivity contribution is 7.98. The maximum absolute atomic E-state index is 12.9. The number of aryl methyl sites for hydroxylation is 2. The molecule has 4 aromatic rings. The van der Waals surface area contributed by atoms with Crippen molar-refractivity contribution in [2.75, 3.05) is 0 Å². The maximum Gasteiger partial charge on any atom is 0.253 e. The summed E-state index contributed by atoms with van der Waals surface area (Å²) in [5.41, 5.74) is 4.03. The van der Waals surface area contributed by atoms with Crippen molar-refractivity contribution in [1.29, 1.82) is 0 Å². The zero-order valence-electron chi connectivity index (χ0n) is 15.6. The van der Waals surface area contributed by atoms with E-state index < -0.39 is 0 Å². The number of halogens is 1. The highest BCUT2D eigenvalue weighted by atomic mass is 32.2. The van der Waals surface area contributed by atoms with Crippen LogP contribution in [0.5, 0.6) is 5.75 Å². The van der Waals surface area contributed by atoms with Crippen LogP contribution in [0.1, 0.15) is 22.5 Å². The van der Waals surface area contributed by atoms with Crippen LogP contribution in [-0.2, 0) is 12.4 Å². The summed E-state index contributed by atoms with van der Waals surface area (Å²) in [6, 6.07) is 16.2. The van der Waals surface area contributed by atoms with Crippen LogP contribution in [0.3, 0.4) is 0 Å². The molecule has 4 rings (SSSR count). The van der Waals surface area contributed by atoms with Crippen LogP contribution in [0.2, 0.25) is 0 Å². The van der Waals surface area contributed by atoms with Crippen LogP contribution in [0.15, 0.2) is 59.8 Å². The minimum atomic E-state index is -0.244. The fourth-order valence-electron chi connectivity index (χ4n) is 2.79.